The van der Waals surface area contributed by atoms with Crippen molar-refractivity contribution in [3.8, 4) is 34.1 Å². The fourth-order valence-corrected chi connectivity index (χ4v) is 4.74. The number of ether oxygens (including phenoxy) is 4. The van der Waals surface area contributed by atoms with E-state index in [1.165, 1.54) is 46.6 Å². The number of fused-ring (bicyclic) bond motifs is 3. The van der Waals surface area contributed by atoms with E-state index in [-0.39, 0.29) is 21.9 Å². The molecule has 0 spiro atoms. The molecule has 37 heavy (non-hydrogen) atoms. The number of amides is 2. The largest absolute Gasteiger partial charge is 0.493 e. The molecule has 1 aliphatic carbocycles. The number of benzene rings is 2. The van der Waals surface area contributed by atoms with Gasteiger partial charge in [-0.25, -0.2) is 9.18 Å². The highest BCUT2D eigenvalue weighted by Crippen LogP contribution is 2.50. The van der Waals surface area contributed by atoms with Gasteiger partial charge in [-0.3, -0.25) is 4.79 Å². The molecule has 0 unspecified atom stereocenters. The van der Waals surface area contributed by atoms with Gasteiger partial charge in [0.25, 0.3) is 0 Å². The topological polar surface area (TPSA) is 95.1 Å². The van der Waals surface area contributed by atoms with Gasteiger partial charge < -0.3 is 29.6 Å². The molecule has 0 aromatic heterocycles. The lowest BCUT2D eigenvalue weighted by molar-refractivity contribution is 0.248. The van der Waals surface area contributed by atoms with Crippen LogP contribution in [-0.2, 0) is 6.42 Å². The van der Waals surface area contributed by atoms with Crippen LogP contribution in [0.5, 0.6) is 23.0 Å². The number of nitrogens with one attached hydrogen (secondary N) is 2. The summed E-state index contributed by atoms with van der Waals surface area (Å²) in [5.41, 5.74) is 2.74. The van der Waals surface area contributed by atoms with Crippen molar-refractivity contribution in [1.82, 2.24) is 5.32 Å². The summed E-state index contributed by atoms with van der Waals surface area (Å²) < 4.78 is 35.6. The third-order valence-corrected chi connectivity index (χ3v) is 6.52. The lowest BCUT2D eigenvalue weighted by Gasteiger charge is -2.20. The molecule has 194 valence electrons. The van der Waals surface area contributed by atoms with Crippen LogP contribution in [-0.4, -0.2) is 34.5 Å². The van der Waals surface area contributed by atoms with E-state index in [1.807, 2.05) is 6.07 Å². The number of hydrogen-bond donors (Lipinski definition) is 2. The summed E-state index contributed by atoms with van der Waals surface area (Å²) in [5.74, 6) is 0.979. The van der Waals surface area contributed by atoms with E-state index in [0.717, 1.165) is 17.2 Å². The predicted molar refractivity (Wildman–Crippen MR) is 139 cm³/mol. The van der Waals surface area contributed by atoms with E-state index >= 15 is 0 Å². The summed E-state index contributed by atoms with van der Waals surface area (Å²) in [6.45, 7) is 0. The average molecular weight is 529 g/mol. The lowest BCUT2D eigenvalue weighted by Crippen LogP contribution is -2.33. The molecule has 8 nitrogen and oxygen atoms in total. The number of methoxy groups -OCH3 is 4. The fraction of sp³-hybridized carbons (Fsp3) is 0.259. The van der Waals surface area contributed by atoms with Crippen LogP contribution in [0.15, 0.2) is 47.3 Å². The standard InChI is InChI=1S/C27H26ClFN2O6/c1-34-22-10-7-16-17(13-21(22)32)19(30-27(33)31-20-9-6-15(29)12-18(20)28)8-5-14-11-23(35-2)25(36-3)26(37-4)24(14)16/h6-7,9-13,19H,5,8H2,1-4H3,(H2,30,31,33)/t19-/m0/s1. The predicted octanol–water partition coefficient (Wildman–Crippen LogP) is 5.35. The number of carbonyl (C=O) groups excluding carboxylic acids is 1. The van der Waals surface area contributed by atoms with Crippen LogP contribution >= 0.6 is 11.6 Å². The Balaban J connectivity index is 1.84. The van der Waals surface area contributed by atoms with Gasteiger partial charge in [0.05, 0.1) is 45.2 Å². The van der Waals surface area contributed by atoms with Gasteiger partial charge in [0.15, 0.2) is 17.2 Å². The van der Waals surface area contributed by atoms with Gasteiger partial charge in [-0.15, -0.1) is 0 Å². The Labute approximate surface area is 218 Å². The van der Waals surface area contributed by atoms with Crippen molar-refractivity contribution in [2.45, 2.75) is 18.9 Å². The first-order chi connectivity index (χ1) is 17.8. The Bertz CT molecular complexity index is 1410. The van der Waals surface area contributed by atoms with Crippen LogP contribution in [0.1, 0.15) is 23.6 Å². The maximum Gasteiger partial charge on any atom is 0.319 e. The minimum atomic E-state index is -0.576. The highest BCUT2D eigenvalue weighted by Gasteiger charge is 2.30. The Morgan fingerprint density at radius 1 is 0.946 bits per heavy atom. The minimum absolute atomic E-state index is 0.0609. The van der Waals surface area contributed by atoms with Crippen LogP contribution in [0.3, 0.4) is 0 Å². The molecule has 0 saturated heterocycles. The second-order valence-corrected chi connectivity index (χ2v) is 8.68. The van der Waals surface area contributed by atoms with Crippen molar-refractivity contribution in [2.24, 2.45) is 0 Å². The number of hydrogen-bond acceptors (Lipinski definition) is 6. The van der Waals surface area contributed by atoms with Crippen molar-refractivity contribution in [1.29, 1.82) is 0 Å². The van der Waals surface area contributed by atoms with Crippen LogP contribution in [0.2, 0.25) is 5.02 Å². The molecule has 3 aromatic rings. The lowest BCUT2D eigenvalue weighted by atomic mass is 9.95. The molecule has 10 heteroatoms. The zero-order valence-electron chi connectivity index (χ0n) is 20.7. The highest BCUT2D eigenvalue weighted by atomic mass is 35.5. The van der Waals surface area contributed by atoms with Gasteiger partial charge in [-0.05, 0) is 65.9 Å². The van der Waals surface area contributed by atoms with Gasteiger partial charge in [0.1, 0.15) is 5.82 Å². The molecule has 2 N–H and O–H groups in total. The van der Waals surface area contributed by atoms with Gasteiger partial charge >= 0.3 is 6.03 Å². The first-order valence-corrected chi connectivity index (χ1v) is 11.8. The fourth-order valence-electron chi connectivity index (χ4n) is 4.52. The van der Waals surface area contributed by atoms with E-state index in [9.17, 15) is 14.0 Å². The quantitative estimate of drug-likeness (QED) is 0.448. The minimum Gasteiger partial charge on any atom is -0.493 e. The van der Waals surface area contributed by atoms with Crippen molar-refractivity contribution >= 4 is 23.3 Å². The summed E-state index contributed by atoms with van der Waals surface area (Å²) in [4.78, 5) is 25.9. The Morgan fingerprint density at radius 3 is 2.32 bits per heavy atom. The molecule has 0 fully saturated rings. The van der Waals surface area contributed by atoms with E-state index in [2.05, 4.69) is 10.6 Å². The van der Waals surface area contributed by atoms with Gasteiger partial charge in [0, 0.05) is 5.56 Å². The number of rotatable bonds is 6. The molecular formula is C27H26ClFN2O6. The smallest absolute Gasteiger partial charge is 0.319 e. The van der Waals surface area contributed by atoms with Gasteiger partial charge in [0.2, 0.25) is 11.2 Å². The van der Waals surface area contributed by atoms with Crippen molar-refractivity contribution in [2.75, 3.05) is 33.8 Å². The number of aryl methyl sites for hydroxylation is 1. The number of halogens is 2. The maximum atomic E-state index is 13.4. The molecule has 0 aliphatic heterocycles. The maximum absolute atomic E-state index is 13.4. The molecule has 1 atom stereocenters. The summed E-state index contributed by atoms with van der Waals surface area (Å²) in [7, 11) is 6.00. The van der Waals surface area contributed by atoms with E-state index in [0.29, 0.717) is 41.2 Å². The van der Waals surface area contributed by atoms with E-state index < -0.39 is 17.9 Å². The summed E-state index contributed by atoms with van der Waals surface area (Å²) in [5, 5.41) is 5.63. The Kier molecular flexibility index (Phi) is 7.73. The second-order valence-electron chi connectivity index (χ2n) is 8.27. The SMILES string of the molecule is COc1cc2c(c(OC)c1OC)-c1ccc(OC)c(=O)cc1[C@@H](NC(=O)Nc1ccc(F)cc1Cl)CC2. The van der Waals surface area contributed by atoms with Crippen LogP contribution < -0.4 is 35.0 Å². The molecule has 0 bridgehead atoms. The molecule has 0 heterocycles. The zero-order valence-corrected chi connectivity index (χ0v) is 21.5. The van der Waals surface area contributed by atoms with Crippen molar-refractivity contribution in [3.63, 3.8) is 0 Å². The molecule has 2 amide bonds. The van der Waals surface area contributed by atoms with E-state index in [4.69, 9.17) is 30.5 Å². The van der Waals surface area contributed by atoms with Crippen LogP contribution in [0.4, 0.5) is 14.9 Å². The average Bonchev–Trinajstić information content (AvgIpc) is 3.13. The first-order valence-electron chi connectivity index (χ1n) is 11.4. The zero-order chi connectivity index (χ0) is 26.7. The first kappa shape index (κ1) is 26.1. The Morgan fingerprint density at radius 2 is 1.68 bits per heavy atom. The molecule has 3 aromatic carbocycles. The van der Waals surface area contributed by atoms with Crippen LogP contribution in [0.25, 0.3) is 11.1 Å². The van der Waals surface area contributed by atoms with Crippen molar-refractivity contribution in [3.05, 3.63) is 74.7 Å². The Hall–Kier alpha value is -3.98. The number of urea groups is 1. The molecular weight excluding hydrogens is 503 g/mol. The van der Waals surface area contributed by atoms with E-state index in [1.54, 1.807) is 12.1 Å². The highest BCUT2D eigenvalue weighted by molar-refractivity contribution is 6.33. The molecule has 4 rings (SSSR count). The summed E-state index contributed by atoms with van der Waals surface area (Å²) in [6.07, 6.45) is 0.979. The third kappa shape index (κ3) is 5.13. The van der Waals surface area contributed by atoms with Gasteiger partial charge in [-0.2, -0.15) is 0 Å². The number of carbonyl (C=O) groups is 1. The number of anilines is 1. The van der Waals surface area contributed by atoms with Crippen LogP contribution in [0, 0.1) is 5.82 Å². The third-order valence-electron chi connectivity index (χ3n) is 6.21. The van der Waals surface area contributed by atoms with Crippen molar-refractivity contribution < 1.29 is 28.1 Å². The molecule has 1 aliphatic rings. The molecule has 0 radical (unpaired) electrons. The molecule has 0 saturated carbocycles. The normalized spacial score (nSPS) is 13.9. The second kappa shape index (κ2) is 11.0. The van der Waals surface area contributed by atoms with Gasteiger partial charge in [-0.1, -0.05) is 17.7 Å². The summed E-state index contributed by atoms with van der Waals surface area (Å²) >= 11 is 6.07. The summed E-state index contributed by atoms with van der Waals surface area (Å²) in [6, 6.07) is 9.20. The monoisotopic (exact) mass is 528 g/mol.